The lowest BCUT2D eigenvalue weighted by Crippen LogP contribution is -2.53. The van der Waals surface area contributed by atoms with Gasteiger partial charge >= 0.3 is 6.03 Å². The summed E-state index contributed by atoms with van der Waals surface area (Å²) in [6.45, 7) is 2.23. The van der Waals surface area contributed by atoms with E-state index in [1.165, 1.54) is 4.90 Å². The molecule has 0 bridgehead atoms. The number of nitrogens with zero attached hydrogens (tertiary/aromatic N) is 1. The van der Waals surface area contributed by atoms with E-state index < -0.39 is 5.54 Å². The summed E-state index contributed by atoms with van der Waals surface area (Å²) < 4.78 is 10.6. The highest BCUT2D eigenvalue weighted by Crippen LogP contribution is 2.39. The number of carbonyl (C=O) groups is 2. The Kier molecular flexibility index (Phi) is 4.39. The van der Waals surface area contributed by atoms with Gasteiger partial charge in [0.1, 0.15) is 17.0 Å². The number of benzene rings is 1. The molecule has 1 aromatic rings. The normalized spacial score (nSPS) is 26.6. The van der Waals surface area contributed by atoms with Crippen LogP contribution in [-0.4, -0.2) is 36.6 Å². The summed E-state index contributed by atoms with van der Waals surface area (Å²) in [5, 5.41) is 2.97. The number of imide groups is 1. The van der Waals surface area contributed by atoms with Crippen molar-refractivity contribution in [1.82, 2.24) is 10.2 Å². The van der Waals surface area contributed by atoms with E-state index >= 15 is 0 Å². The van der Waals surface area contributed by atoms with Gasteiger partial charge in [-0.2, -0.15) is 0 Å². The molecule has 6 nitrogen and oxygen atoms in total. The van der Waals surface area contributed by atoms with Crippen LogP contribution >= 0.6 is 0 Å². The molecule has 2 atom stereocenters. The number of carbonyl (C=O) groups excluding carboxylic acids is 2. The summed E-state index contributed by atoms with van der Waals surface area (Å²) in [6, 6.07) is 5.05. The van der Waals surface area contributed by atoms with Crippen molar-refractivity contribution in [1.29, 1.82) is 0 Å². The molecule has 6 heteroatoms. The average molecular weight is 332 g/mol. The number of hydrogen-bond acceptors (Lipinski definition) is 4. The van der Waals surface area contributed by atoms with Crippen LogP contribution in [0, 0.1) is 5.92 Å². The van der Waals surface area contributed by atoms with Crippen molar-refractivity contribution in [3.05, 3.63) is 23.8 Å². The predicted molar refractivity (Wildman–Crippen MR) is 89.0 cm³/mol. The first-order valence-corrected chi connectivity index (χ1v) is 8.37. The minimum atomic E-state index is -0.735. The number of hydrogen-bond donors (Lipinski definition) is 1. The molecule has 2 aliphatic rings. The van der Waals surface area contributed by atoms with Gasteiger partial charge < -0.3 is 14.8 Å². The van der Waals surface area contributed by atoms with Gasteiger partial charge in [0.25, 0.3) is 5.91 Å². The van der Waals surface area contributed by atoms with E-state index in [4.69, 9.17) is 9.47 Å². The van der Waals surface area contributed by atoms with Crippen LogP contribution in [0.1, 0.15) is 38.2 Å². The van der Waals surface area contributed by atoms with Crippen LogP contribution < -0.4 is 14.8 Å². The summed E-state index contributed by atoms with van der Waals surface area (Å²) in [5.41, 5.74) is 0.0161. The SMILES string of the molecule is COc1ccc(OC)c(CN2C(=O)N[C@]3(CCCC[C@@H]3C)C2=O)c1. The smallest absolute Gasteiger partial charge is 0.325 e. The Balaban J connectivity index is 1.88. The Morgan fingerprint density at radius 3 is 2.71 bits per heavy atom. The van der Waals surface area contributed by atoms with E-state index in [-0.39, 0.29) is 24.4 Å². The molecule has 1 aliphatic heterocycles. The zero-order valence-corrected chi connectivity index (χ0v) is 14.4. The van der Waals surface area contributed by atoms with Gasteiger partial charge in [0.05, 0.1) is 20.8 Å². The minimum Gasteiger partial charge on any atom is -0.497 e. The van der Waals surface area contributed by atoms with Crippen LogP contribution in [0.25, 0.3) is 0 Å². The highest BCUT2D eigenvalue weighted by molar-refractivity contribution is 6.07. The van der Waals surface area contributed by atoms with Crippen molar-refractivity contribution in [3.8, 4) is 11.5 Å². The maximum absolute atomic E-state index is 13.0. The number of amides is 3. The molecule has 1 saturated heterocycles. The third-order valence-electron chi connectivity index (χ3n) is 5.32. The fraction of sp³-hybridized carbons (Fsp3) is 0.556. The van der Waals surface area contributed by atoms with Gasteiger partial charge in [0, 0.05) is 5.56 Å². The number of urea groups is 1. The van der Waals surface area contributed by atoms with Crippen molar-refractivity contribution in [3.63, 3.8) is 0 Å². The van der Waals surface area contributed by atoms with Crippen LogP contribution in [0.2, 0.25) is 0 Å². The molecule has 24 heavy (non-hydrogen) atoms. The van der Waals surface area contributed by atoms with Crippen LogP contribution in [0.5, 0.6) is 11.5 Å². The molecule has 1 N–H and O–H groups in total. The fourth-order valence-corrected chi connectivity index (χ4v) is 3.81. The molecule has 3 amide bonds. The summed E-state index contributed by atoms with van der Waals surface area (Å²) in [7, 11) is 3.15. The third kappa shape index (κ3) is 2.60. The predicted octanol–water partition coefficient (Wildman–Crippen LogP) is 2.70. The Hall–Kier alpha value is -2.24. The summed E-state index contributed by atoms with van der Waals surface area (Å²) in [4.78, 5) is 26.8. The molecule has 1 spiro atoms. The van der Waals surface area contributed by atoms with Gasteiger partial charge in [-0.1, -0.05) is 19.8 Å². The monoisotopic (exact) mass is 332 g/mol. The first-order valence-electron chi connectivity index (χ1n) is 8.37. The van der Waals surface area contributed by atoms with E-state index in [1.807, 2.05) is 6.92 Å². The summed E-state index contributed by atoms with van der Waals surface area (Å²) in [6.07, 6.45) is 3.75. The quantitative estimate of drug-likeness (QED) is 0.861. The first-order chi connectivity index (χ1) is 11.5. The van der Waals surface area contributed by atoms with E-state index in [2.05, 4.69) is 5.32 Å². The van der Waals surface area contributed by atoms with Crippen LogP contribution in [-0.2, 0) is 11.3 Å². The molecule has 1 heterocycles. The average Bonchev–Trinajstić information content (AvgIpc) is 2.82. The van der Waals surface area contributed by atoms with Gasteiger partial charge in [-0.25, -0.2) is 4.79 Å². The molecule has 0 unspecified atom stereocenters. The Labute approximate surface area is 142 Å². The van der Waals surface area contributed by atoms with Gasteiger partial charge in [0.2, 0.25) is 0 Å². The van der Waals surface area contributed by atoms with Crippen molar-refractivity contribution in [2.75, 3.05) is 14.2 Å². The van der Waals surface area contributed by atoms with Crippen LogP contribution in [0.4, 0.5) is 4.79 Å². The van der Waals surface area contributed by atoms with E-state index in [1.54, 1.807) is 32.4 Å². The lowest BCUT2D eigenvalue weighted by atomic mass is 9.73. The standard InChI is InChI=1S/C18H24N2O4/c1-12-6-4-5-9-18(12)16(21)20(17(22)19-18)11-13-10-14(23-2)7-8-15(13)24-3/h7-8,10,12H,4-6,9,11H2,1-3H3,(H,19,22)/t12-,18-/m0/s1. The maximum atomic E-state index is 13.0. The van der Waals surface area contributed by atoms with Crippen molar-refractivity contribution in [2.24, 2.45) is 5.92 Å². The van der Waals surface area contributed by atoms with Gasteiger partial charge in [-0.05, 0) is 37.0 Å². The van der Waals surface area contributed by atoms with Crippen LogP contribution in [0.3, 0.4) is 0 Å². The van der Waals surface area contributed by atoms with Crippen molar-refractivity contribution < 1.29 is 19.1 Å². The molecule has 130 valence electrons. The number of ether oxygens (including phenoxy) is 2. The van der Waals surface area contributed by atoms with Gasteiger partial charge in [-0.15, -0.1) is 0 Å². The van der Waals surface area contributed by atoms with Crippen molar-refractivity contribution >= 4 is 11.9 Å². The second kappa shape index (κ2) is 6.34. The lowest BCUT2D eigenvalue weighted by molar-refractivity contribution is -0.134. The maximum Gasteiger partial charge on any atom is 0.325 e. The topological polar surface area (TPSA) is 67.9 Å². The van der Waals surface area contributed by atoms with Crippen molar-refractivity contribution in [2.45, 2.75) is 44.7 Å². The first kappa shape index (κ1) is 16.6. The molecular formula is C18H24N2O4. The lowest BCUT2D eigenvalue weighted by Gasteiger charge is -2.36. The summed E-state index contributed by atoms with van der Waals surface area (Å²) >= 11 is 0. The minimum absolute atomic E-state index is 0.121. The zero-order chi connectivity index (χ0) is 17.3. The Bertz CT molecular complexity index is 660. The second-order valence-electron chi connectivity index (χ2n) is 6.62. The molecule has 2 fully saturated rings. The zero-order valence-electron chi connectivity index (χ0n) is 14.4. The second-order valence-corrected chi connectivity index (χ2v) is 6.62. The molecule has 3 rings (SSSR count). The highest BCUT2D eigenvalue weighted by atomic mass is 16.5. The highest BCUT2D eigenvalue weighted by Gasteiger charge is 2.54. The Morgan fingerprint density at radius 1 is 1.25 bits per heavy atom. The number of rotatable bonds is 4. The van der Waals surface area contributed by atoms with Crippen LogP contribution in [0.15, 0.2) is 18.2 Å². The van der Waals surface area contributed by atoms with Gasteiger partial charge in [0.15, 0.2) is 0 Å². The fourth-order valence-electron chi connectivity index (χ4n) is 3.81. The molecule has 1 aliphatic carbocycles. The van der Waals surface area contributed by atoms with E-state index in [0.29, 0.717) is 17.9 Å². The molecule has 1 saturated carbocycles. The molecule has 1 aromatic carbocycles. The third-order valence-corrected chi connectivity index (χ3v) is 5.32. The molecular weight excluding hydrogens is 308 g/mol. The van der Waals surface area contributed by atoms with E-state index in [0.717, 1.165) is 24.8 Å². The van der Waals surface area contributed by atoms with Gasteiger partial charge in [-0.3, -0.25) is 9.69 Å². The molecule has 0 aromatic heterocycles. The largest absolute Gasteiger partial charge is 0.497 e. The summed E-state index contributed by atoms with van der Waals surface area (Å²) in [5.74, 6) is 1.33. The Morgan fingerprint density at radius 2 is 2.04 bits per heavy atom. The number of nitrogens with one attached hydrogen (secondary N) is 1. The molecule has 0 radical (unpaired) electrons. The van der Waals surface area contributed by atoms with E-state index in [9.17, 15) is 9.59 Å². The number of methoxy groups -OCH3 is 2.